The first-order valence-corrected chi connectivity index (χ1v) is 5.08. The third-order valence-corrected chi connectivity index (χ3v) is 2.41. The van der Waals surface area contributed by atoms with Crippen LogP contribution in [0.5, 0.6) is 0 Å². The summed E-state index contributed by atoms with van der Waals surface area (Å²) in [5.74, 6) is -0.373. The van der Waals surface area contributed by atoms with Gasteiger partial charge in [-0.1, -0.05) is 12.1 Å². The number of carbonyl (C=O) groups excluding carboxylic acids is 1. The Kier molecular flexibility index (Phi) is 3.05. The molecule has 0 radical (unpaired) electrons. The standard InChI is InChI=1S/C13H11NO3/c1-17-13(16)10-4-2-9(3-5-10)11-6-7-14-12(15)8-11/h2-8H,1H3,(H,14,15). The number of carbonyl (C=O) groups is 1. The molecule has 0 aliphatic rings. The van der Waals surface area contributed by atoms with Crippen LogP contribution in [0.3, 0.4) is 0 Å². The van der Waals surface area contributed by atoms with Gasteiger partial charge in [-0.2, -0.15) is 0 Å². The lowest BCUT2D eigenvalue weighted by Gasteiger charge is -2.02. The largest absolute Gasteiger partial charge is 0.465 e. The fraction of sp³-hybridized carbons (Fsp3) is 0.0769. The minimum absolute atomic E-state index is 0.153. The molecule has 2 aromatic rings. The first kappa shape index (κ1) is 11.1. The maximum absolute atomic E-state index is 11.2. The Balaban J connectivity index is 2.36. The Morgan fingerprint density at radius 2 is 1.82 bits per heavy atom. The second-order valence-electron chi connectivity index (χ2n) is 3.51. The summed E-state index contributed by atoms with van der Waals surface area (Å²) < 4.78 is 4.61. The van der Waals surface area contributed by atoms with Crippen molar-refractivity contribution < 1.29 is 9.53 Å². The summed E-state index contributed by atoms with van der Waals surface area (Å²) in [6, 6.07) is 10.2. The number of hydrogen-bond acceptors (Lipinski definition) is 3. The summed E-state index contributed by atoms with van der Waals surface area (Å²) in [5, 5.41) is 0. The number of rotatable bonds is 2. The highest BCUT2D eigenvalue weighted by molar-refractivity contribution is 5.89. The number of methoxy groups -OCH3 is 1. The molecular weight excluding hydrogens is 218 g/mol. The summed E-state index contributed by atoms with van der Waals surface area (Å²) in [6.07, 6.45) is 1.59. The average Bonchev–Trinajstić information content (AvgIpc) is 2.38. The van der Waals surface area contributed by atoms with Crippen LogP contribution in [0.15, 0.2) is 47.4 Å². The van der Waals surface area contributed by atoms with E-state index in [1.807, 2.05) is 0 Å². The first-order valence-electron chi connectivity index (χ1n) is 5.08. The molecule has 0 fully saturated rings. The highest BCUT2D eigenvalue weighted by Gasteiger charge is 2.05. The quantitative estimate of drug-likeness (QED) is 0.799. The van der Waals surface area contributed by atoms with Crippen LogP contribution >= 0.6 is 0 Å². The highest BCUT2D eigenvalue weighted by atomic mass is 16.5. The topological polar surface area (TPSA) is 59.2 Å². The highest BCUT2D eigenvalue weighted by Crippen LogP contribution is 2.17. The second-order valence-corrected chi connectivity index (χ2v) is 3.51. The number of aromatic amines is 1. The molecule has 0 unspecified atom stereocenters. The fourth-order valence-corrected chi connectivity index (χ4v) is 1.54. The van der Waals surface area contributed by atoms with Crippen molar-refractivity contribution in [3.63, 3.8) is 0 Å². The van der Waals surface area contributed by atoms with Crippen LogP contribution in [0.1, 0.15) is 10.4 Å². The van der Waals surface area contributed by atoms with Gasteiger partial charge in [0, 0.05) is 12.3 Å². The number of hydrogen-bond donors (Lipinski definition) is 1. The smallest absolute Gasteiger partial charge is 0.337 e. The molecule has 4 heteroatoms. The van der Waals surface area contributed by atoms with Gasteiger partial charge in [-0.3, -0.25) is 4.79 Å². The third kappa shape index (κ3) is 2.42. The Hall–Kier alpha value is -2.36. The first-order chi connectivity index (χ1) is 8.20. The van der Waals surface area contributed by atoms with Gasteiger partial charge in [0.1, 0.15) is 0 Å². The number of benzene rings is 1. The summed E-state index contributed by atoms with van der Waals surface area (Å²) in [4.78, 5) is 24.9. The van der Waals surface area contributed by atoms with Crippen LogP contribution in [-0.2, 0) is 4.74 Å². The molecule has 1 N–H and O–H groups in total. The molecule has 0 spiro atoms. The second kappa shape index (κ2) is 4.65. The lowest BCUT2D eigenvalue weighted by atomic mass is 10.1. The zero-order chi connectivity index (χ0) is 12.3. The van der Waals surface area contributed by atoms with E-state index < -0.39 is 0 Å². The number of esters is 1. The van der Waals surface area contributed by atoms with Gasteiger partial charge in [0.2, 0.25) is 5.56 Å². The van der Waals surface area contributed by atoms with Gasteiger partial charge < -0.3 is 9.72 Å². The molecule has 17 heavy (non-hydrogen) atoms. The van der Waals surface area contributed by atoms with E-state index in [0.29, 0.717) is 5.56 Å². The molecule has 1 heterocycles. The maximum Gasteiger partial charge on any atom is 0.337 e. The predicted molar refractivity (Wildman–Crippen MR) is 63.8 cm³/mol. The van der Waals surface area contributed by atoms with Gasteiger partial charge in [-0.25, -0.2) is 4.79 Å². The van der Waals surface area contributed by atoms with Gasteiger partial charge in [0.25, 0.3) is 0 Å². The number of H-pyrrole nitrogens is 1. The Morgan fingerprint density at radius 1 is 1.12 bits per heavy atom. The molecule has 2 rings (SSSR count). The molecular formula is C13H11NO3. The predicted octanol–water partition coefficient (Wildman–Crippen LogP) is 1.83. The monoisotopic (exact) mass is 229 g/mol. The van der Waals surface area contributed by atoms with E-state index in [1.54, 1.807) is 36.5 Å². The molecule has 4 nitrogen and oxygen atoms in total. The van der Waals surface area contributed by atoms with Crippen molar-refractivity contribution in [2.24, 2.45) is 0 Å². The van der Waals surface area contributed by atoms with Gasteiger partial charge in [0.05, 0.1) is 12.7 Å². The zero-order valence-corrected chi connectivity index (χ0v) is 9.27. The van der Waals surface area contributed by atoms with Crippen molar-refractivity contribution in [3.8, 4) is 11.1 Å². The lowest BCUT2D eigenvalue weighted by Crippen LogP contribution is -2.02. The van der Waals surface area contributed by atoms with E-state index in [9.17, 15) is 9.59 Å². The van der Waals surface area contributed by atoms with Crippen molar-refractivity contribution in [2.75, 3.05) is 7.11 Å². The molecule has 0 aliphatic carbocycles. The molecule has 0 atom stereocenters. The molecule has 0 saturated carbocycles. The molecule has 86 valence electrons. The van der Waals surface area contributed by atoms with Crippen LogP contribution in [0.4, 0.5) is 0 Å². The van der Waals surface area contributed by atoms with Crippen LogP contribution < -0.4 is 5.56 Å². The minimum atomic E-state index is -0.373. The van der Waals surface area contributed by atoms with E-state index in [1.165, 1.54) is 13.2 Å². The summed E-state index contributed by atoms with van der Waals surface area (Å²) in [6.45, 7) is 0. The number of pyridine rings is 1. The maximum atomic E-state index is 11.2. The Labute approximate surface area is 97.9 Å². The third-order valence-electron chi connectivity index (χ3n) is 2.41. The van der Waals surface area contributed by atoms with Crippen molar-refractivity contribution in [1.29, 1.82) is 0 Å². The molecule has 1 aromatic heterocycles. The number of ether oxygens (including phenoxy) is 1. The zero-order valence-electron chi connectivity index (χ0n) is 9.27. The summed E-state index contributed by atoms with van der Waals surface area (Å²) in [5.41, 5.74) is 2.02. The van der Waals surface area contributed by atoms with E-state index in [4.69, 9.17) is 0 Å². The summed E-state index contributed by atoms with van der Waals surface area (Å²) in [7, 11) is 1.34. The van der Waals surface area contributed by atoms with E-state index in [0.717, 1.165) is 11.1 Å². The molecule has 1 aromatic carbocycles. The van der Waals surface area contributed by atoms with Crippen LogP contribution in [-0.4, -0.2) is 18.1 Å². The molecule has 0 saturated heterocycles. The van der Waals surface area contributed by atoms with Crippen LogP contribution in [0, 0.1) is 0 Å². The van der Waals surface area contributed by atoms with E-state index in [-0.39, 0.29) is 11.5 Å². The van der Waals surface area contributed by atoms with Crippen molar-refractivity contribution in [3.05, 3.63) is 58.5 Å². The lowest BCUT2D eigenvalue weighted by molar-refractivity contribution is 0.0601. The number of aromatic nitrogens is 1. The fourth-order valence-electron chi connectivity index (χ4n) is 1.54. The van der Waals surface area contributed by atoms with Crippen LogP contribution in [0.25, 0.3) is 11.1 Å². The molecule has 0 aliphatic heterocycles. The van der Waals surface area contributed by atoms with Crippen molar-refractivity contribution in [1.82, 2.24) is 4.98 Å². The average molecular weight is 229 g/mol. The van der Waals surface area contributed by atoms with Gasteiger partial charge in [-0.15, -0.1) is 0 Å². The van der Waals surface area contributed by atoms with Crippen molar-refractivity contribution in [2.45, 2.75) is 0 Å². The van der Waals surface area contributed by atoms with Gasteiger partial charge in [-0.05, 0) is 29.3 Å². The minimum Gasteiger partial charge on any atom is -0.465 e. The Bertz CT molecular complexity index is 584. The van der Waals surface area contributed by atoms with Crippen molar-refractivity contribution >= 4 is 5.97 Å². The Morgan fingerprint density at radius 3 is 2.41 bits per heavy atom. The number of nitrogens with one attached hydrogen (secondary N) is 1. The molecule has 0 bridgehead atoms. The van der Waals surface area contributed by atoms with Gasteiger partial charge in [0.15, 0.2) is 0 Å². The van der Waals surface area contributed by atoms with E-state index in [2.05, 4.69) is 9.72 Å². The van der Waals surface area contributed by atoms with Gasteiger partial charge >= 0.3 is 5.97 Å². The summed E-state index contributed by atoms with van der Waals surface area (Å²) >= 11 is 0. The SMILES string of the molecule is COC(=O)c1ccc(-c2cc[nH]c(=O)c2)cc1. The van der Waals surface area contributed by atoms with Crippen LogP contribution in [0.2, 0.25) is 0 Å². The normalized spacial score (nSPS) is 9.94. The molecule has 0 amide bonds. The van der Waals surface area contributed by atoms with E-state index >= 15 is 0 Å².